The predicted molar refractivity (Wildman–Crippen MR) is 96.2 cm³/mol. The predicted octanol–water partition coefficient (Wildman–Crippen LogP) is -0.0482. The van der Waals surface area contributed by atoms with Crippen molar-refractivity contribution < 1.29 is 20.1 Å². The summed E-state index contributed by atoms with van der Waals surface area (Å²) in [5.41, 5.74) is 6.74. The van der Waals surface area contributed by atoms with E-state index in [4.69, 9.17) is 10.5 Å². The number of aliphatic hydroxyl groups excluding tert-OH is 3. The Hall–Kier alpha value is -2.25. The van der Waals surface area contributed by atoms with E-state index in [0.29, 0.717) is 22.9 Å². The molecule has 2 aromatic heterocycles. The first-order chi connectivity index (χ1) is 13.1. The monoisotopic (exact) mass is 373 g/mol. The fourth-order valence-corrected chi connectivity index (χ4v) is 3.70. The smallest absolute Gasteiger partial charge is 0.208 e. The van der Waals surface area contributed by atoms with Crippen LogP contribution in [0.15, 0.2) is 6.33 Å². The molecule has 3 heterocycles. The minimum Gasteiger partial charge on any atom is -0.394 e. The maximum absolute atomic E-state index is 10.3. The summed E-state index contributed by atoms with van der Waals surface area (Å²) in [4.78, 5) is 12.8. The molecule has 1 saturated heterocycles. The Morgan fingerprint density at radius 1 is 1.19 bits per heavy atom. The maximum atomic E-state index is 10.3. The standard InChI is InChI=1S/C18H23N5O4/c19-16-13-17(22-12(21-16)7-6-10-4-2-1-3-5-10)23(9-20-13)18-15(26)14(25)11(8-24)27-18/h9-11,14-15,18,24-26H,1-5,8H2,(H2,19,21,22)/t11-,14?,15?,18-/m1/s1. The van der Waals surface area contributed by atoms with E-state index >= 15 is 0 Å². The van der Waals surface area contributed by atoms with Crippen LogP contribution in [0.1, 0.15) is 44.2 Å². The van der Waals surface area contributed by atoms with Crippen molar-refractivity contribution in [3.8, 4) is 11.8 Å². The highest BCUT2D eigenvalue weighted by atomic mass is 16.6. The van der Waals surface area contributed by atoms with E-state index in [2.05, 4.69) is 26.8 Å². The summed E-state index contributed by atoms with van der Waals surface area (Å²) < 4.78 is 7.05. The van der Waals surface area contributed by atoms with Gasteiger partial charge >= 0.3 is 0 Å². The number of anilines is 1. The lowest BCUT2D eigenvalue weighted by atomic mass is 9.90. The van der Waals surface area contributed by atoms with E-state index in [9.17, 15) is 15.3 Å². The zero-order chi connectivity index (χ0) is 19.0. The van der Waals surface area contributed by atoms with Crippen LogP contribution in [0.3, 0.4) is 0 Å². The minimum atomic E-state index is -1.23. The van der Waals surface area contributed by atoms with Crippen molar-refractivity contribution in [2.45, 2.75) is 56.6 Å². The number of hydrogen-bond acceptors (Lipinski definition) is 8. The third-order valence-corrected chi connectivity index (χ3v) is 5.23. The van der Waals surface area contributed by atoms with Crippen molar-refractivity contribution >= 4 is 17.0 Å². The number of nitrogens with two attached hydrogens (primary N) is 1. The molecule has 4 rings (SSSR count). The molecular formula is C18H23N5O4. The van der Waals surface area contributed by atoms with E-state index in [1.54, 1.807) is 0 Å². The molecule has 1 aliphatic heterocycles. The van der Waals surface area contributed by atoms with Gasteiger partial charge in [0.05, 0.1) is 12.9 Å². The second-order valence-corrected chi connectivity index (χ2v) is 7.09. The number of aromatic nitrogens is 4. The maximum Gasteiger partial charge on any atom is 0.208 e. The molecule has 2 aromatic rings. The summed E-state index contributed by atoms with van der Waals surface area (Å²) in [5.74, 6) is 7.07. The SMILES string of the molecule is Nc1nc(C#CC2CCCCC2)nc2c1ncn2[C@@H]1O[C@H](CO)C(O)C1O. The molecule has 1 aliphatic carbocycles. The molecule has 4 atom stereocenters. The second-order valence-electron chi connectivity index (χ2n) is 7.09. The number of nitrogens with zero attached hydrogens (tertiary/aromatic N) is 4. The van der Waals surface area contributed by atoms with Gasteiger partial charge in [0.2, 0.25) is 5.82 Å². The first kappa shape index (κ1) is 18.1. The fourth-order valence-electron chi connectivity index (χ4n) is 3.70. The molecule has 9 heteroatoms. The van der Waals surface area contributed by atoms with Crippen LogP contribution in [0.25, 0.3) is 11.2 Å². The lowest BCUT2D eigenvalue weighted by Gasteiger charge is -2.16. The largest absolute Gasteiger partial charge is 0.394 e. The van der Waals surface area contributed by atoms with Crippen LogP contribution in [0, 0.1) is 17.8 Å². The fraction of sp³-hybridized carbons (Fsp3) is 0.611. The summed E-state index contributed by atoms with van der Waals surface area (Å²) in [6.07, 6.45) is 3.00. The highest BCUT2D eigenvalue weighted by molar-refractivity contribution is 5.82. The van der Waals surface area contributed by atoms with Gasteiger partial charge in [0.25, 0.3) is 0 Å². The molecule has 144 valence electrons. The molecule has 0 spiro atoms. The molecule has 2 aliphatic rings. The van der Waals surface area contributed by atoms with Crippen LogP contribution >= 0.6 is 0 Å². The van der Waals surface area contributed by atoms with Crippen molar-refractivity contribution in [1.82, 2.24) is 19.5 Å². The third kappa shape index (κ3) is 3.37. The van der Waals surface area contributed by atoms with Crippen molar-refractivity contribution in [3.05, 3.63) is 12.2 Å². The van der Waals surface area contributed by atoms with Gasteiger partial charge in [-0.1, -0.05) is 25.2 Å². The van der Waals surface area contributed by atoms with Gasteiger partial charge in [0, 0.05) is 5.92 Å². The van der Waals surface area contributed by atoms with Crippen LogP contribution in [0.5, 0.6) is 0 Å². The van der Waals surface area contributed by atoms with Gasteiger partial charge in [-0.05, 0) is 18.8 Å². The quantitative estimate of drug-likeness (QED) is 0.537. The molecule has 5 N–H and O–H groups in total. The molecule has 9 nitrogen and oxygen atoms in total. The van der Waals surface area contributed by atoms with Crippen LogP contribution in [-0.4, -0.2) is 59.8 Å². The average molecular weight is 373 g/mol. The molecule has 0 amide bonds. The van der Waals surface area contributed by atoms with Crippen LogP contribution in [0.2, 0.25) is 0 Å². The Balaban J connectivity index is 1.67. The van der Waals surface area contributed by atoms with Gasteiger partial charge in [0.15, 0.2) is 17.7 Å². The Kier molecular flexibility index (Phi) is 4.97. The van der Waals surface area contributed by atoms with Crippen molar-refractivity contribution in [2.24, 2.45) is 5.92 Å². The Morgan fingerprint density at radius 3 is 2.67 bits per heavy atom. The van der Waals surface area contributed by atoms with Gasteiger partial charge in [-0.25, -0.2) is 15.0 Å². The number of hydrogen-bond donors (Lipinski definition) is 4. The number of rotatable bonds is 2. The van der Waals surface area contributed by atoms with Crippen molar-refractivity contribution in [3.63, 3.8) is 0 Å². The van der Waals surface area contributed by atoms with Crippen molar-refractivity contribution in [1.29, 1.82) is 0 Å². The number of fused-ring (bicyclic) bond motifs is 1. The normalized spacial score (nSPS) is 29.0. The topological polar surface area (TPSA) is 140 Å². The molecule has 1 saturated carbocycles. The van der Waals surface area contributed by atoms with Crippen LogP contribution in [-0.2, 0) is 4.74 Å². The molecule has 2 unspecified atom stereocenters. The summed E-state index contributed by atoms with van der Waals surface area (Å²) >= 11 is 0. The molecule has 0 radical (unpaired) electrons. The van der Waals surface area contributed by atoms with Gasteiger partial charge in [0.1, 0.15) is 23.8 Å². The summed E-state index contributed by atoms with van der Waals surface area (Å²) in [5, 5.41) is 29.5. The van der Waals surface area contributed by atoms with Gasteiger partial charge in [-0.15, -0.1) is 0 Å². The number of ether oxygens (including phenoxy) is 1. The zero-order valence-corrected chi connectivity index (χ0v) is 14.8. The van der Waals surface area contributed by atoms with E-state index < -0.39 is 31.1 Å². The Morgan fingerprint density at radius 2 is 1.96 bits per heavy atom. The molecule has 2 fully saturated rings. The third-order valence-electron chi connectivity index (χ3n) is 5.23. The second kappa shape index (κ2) is 7.40. The highest BCUT2D eigenvalue weighted by Gasteiger charge is 2.44. The molecule has 0 aromatic carbocycles. The molecular weight excluding hydrogens is 350 g/mol. The first-order valence-electron chi connectivity index (χ1n) is 9.22. The van der Waals surface area contributed by atoms with E-state index in [1.807, 2.05) is 0 Å². The number of imidazole rings is 1. The van der Waals surface area contributed by atoms with Crippen molar-refractivity contribution in [2.75, 3.05) is 12.3 Å². The summed E-state index contributed by atoms with van der Waals surface area (Å²) in [6.45, 7) is -0.406. The summed E-state index contributed by atoms with van der Waals surface area (Å²) in [6, 6.07) is 0. The number of nitrogen functional groups attached to an aromatic ring is 1. The van der Waals surface area contributed by atoms with Crippen LogP contribution in [0.4, 0.5) is 5.82 Å². The van der Waals surface area contributed by atoms with Gasteiger partial charge in [-0.3, -0.25) is 4.57 Å². The molecule has 0 bridgehead atoms. The van der Waals surface area contributed by atoms with E-state index in [1.165, 1.54) is 30.2 Å². The molecule has 27 heavy (non-hydrogen) atoms. The van der Waals surface area contributed by atoms with Crippen LogP contribution < -0.4 is 5.73 Å². The lowest BCUT2D eigenvalue weighted by Crippen LogP contribution is -2.33. The average Bonchev–Trinajstić information content (AvgIpc) is 3.23. The Labute approximate surface area is 156 Å². The first-order valence-corrected chi connectivity index (χ1v) is 9.22. The van der Waals surface area contributed by atoms with E-state index in [-0.39, 0.29) is 5.82 Å². The zero-order valence-electron chi connectivity index (χ0n) is 14.8. The minimum absolute atomic E-state index is 0.193. The number of aliphatic hydroxyl groups is 3. The highest BCUT2D eigenvalue weighted by Crippen LogP contribution is 2.32. The Bertz CT molecular complexity index is 883. The van der Waals surface area contributed by atoms with E-state index in [0.717, 1.165) is 12.8 Å². The van der Waals surface area contributed by atoms with Gasteiger partial charge in [-0.2, -0.15) is 0 Å². The lowest BCUT2D eigenvalue weighted by molar-refractivity contribution is -0.0511. The van der Waals surface area contributed by atoms with Gasteiger partial charge < -0.3 is 25.8 Å². The summed E-state index contributed by atoms with van der Waals surface area (Å²) in [7, 11) is 0.